The fourth-order valence-electron chi connectivity index (χ4n) is 4.38. The van der Waals surface area contributed by atoms with Gasteiger partial charge < -0.3 is 4.74 Å². The second-order valence-corrected chi connectivity index (χ2v) is 9.04. The number of benzene rings is 2. The van der Waals surface area contributed by atoms with Crippen LogP contribution < -0.4 is 11.0 Å². The maximum Gasteiger partial charge on any atom is 0.348 e. The van der Waals surface area contributed by atoms with Crippen LogP contribution in [0.4, 0.5) is 5.13 Å². The molecule has 33 heavy (non-hydrogen) atoms. The largest absolute Gasteiger partial charge is 0.465 e. The number of esters is 1. The van der Waals surface area contributed by atoms with Gasteiger partial charge in [0.05, 0.1) is 7.11 Å². The summed E-state index contributed by atoms with van der Waals surface area (Å²) in [5, 5.41) is 4.94. The summed E-state index contributed by atoms with van der Waals surface area (Å²) in [6.45, 7) is 2.16. The van der Waals surface area contributed by atoms with Crippen molar-refractivity contribution in [2.24, 2.45) is 11.0 Å². The summed E-state index contributed by atoms with van der Waals surface area (Å²) in [6.07, 6.45) is 0.726. The molecular formula is C25H26N4O3S. The molecular weight excluding hydrogens is 436 g/mol. The highest BCUT2D eigenvalue weighted by atomic mass is 32.1. The van der Waals surface area contributed by atoms with Gasteiger partial charge in [0.15, 0.2) is 0 Å². The molecule has 0 bridgehead atoms. The van der Waals surface area contributed by atoms with E-state index in [2.05, 4.69) is 70.8 Å². The van der Waals surface area contributed by atoms with E-state index in [1.54, 1.807) is 0 Å². The minimum atomic E-state index is -0.573. The monoisotopic (exact) mass is 462 g/mol. The number of likely N-dealkylation sites (tertiary alicyclic amines) is 1. The van der Waals surface area contributed by atoms with Crippen molar-refractivity contribution in [1.29, 1.82) is 0 Å². The molecule has 1 saturated heterocycles. The number of ether oxygens (including phenoxy) is 1. The summed E-state index contributed by atoms with van der Waals surface area (Å²) in [6, 6.07) is 22.2. The molecule has 0 spiro atoms. The molecule has 1 fully saturated rings. The third kappa shape index (κ3) is 5.02. The lowest BCUT2D eigenvalue weighted by molar-refractivity contribution is 0.0606. The number of rotatable bonds is 5. The van der Waals surface area contributed by atoms with Gasteiger partial charge in [-0.1, -0.05) is 78.9 Å². The van der Waals surface area contributed by atoms with Crippen LogP contribution in [-0.4, -0.2) is 35.7 Å². The standard InChI is InChI=1S/C25H26N4O3S/c1-16-19(27-28-25-26-22(30)15-21(33-25)24(31)32-3)14-20(17-10-6-4-7-11-17)29(2)23(16)18-12-8-5-9-13-18/h4-13,15-16,20,23H,14H2,1-3H3,(H,26,28,30)/b27-19-. The first-order valence-electron chi connectivity index (χ1n) is 10.7. The lowest BCUT2D eigenvalue weighted by atomic mass is 9.80. The molecule has 0 radical (unpaired) electrons. The van der Waals surface area contributed by atoms with Gasteiger partial charge in [-0.15, -0.1) is 0 Å². The maximum atomic E-state index is 12.0. The first kappa shape index (κ1) is 22.8. The summed E-state index contributed by atoms with van der Waals surface area (Å²) in [5.41, 5.74) is 5.83. The number of nitrogens with one attached hydrogen (secondary N) is 1. The van der Waals surface area contributed by atoms with Gasteiger partial charge in [-0.25, -0.2) is 4.79 Å². The molecule has 3 atom stereocenters. The molecule has 0 saturated carbocycles. The highest BCUT2D eigenvalue weighted by Gasteiger charge is 2.38. The number of anilines is 1. The normalized spacial score (nSPS) is 22.2. The number of carbonyl (C=O) groups excluding carboxylic acids is 1. The number of nitrogens with zero attached hydrogens (tertiary/aromatic N) is 3. The van der Waals surface area contributed by atoms with Crippen LogP contribution in [0.15, 0.2) is 76.6 Å². The van der Waals surface area contributed by atoms with E-state index in [1.807, 2.05) is 24.3 Å². The van der Waals surface area contributed by atoms with Crippen LogP contribution in [0.5, 0.6) is 0 Å². The van der Waals surface area contributed by atoms with Gasteiger partial charge in [-0.2, -0.15) is 10.1 Å². The summed E-state index contributed by atoms with van der Waals surface area (Å²) in [7, 11) is 3.43. The smallest absolute Gasteiger partial charge is 0.348 e. The Hall–Kier alpha value is -3.36. The van der Waals surface area contributed by atoms with Gasteiger partial charge in [0.2, 0.25) is 5.13 Å². The molecule has 1 aliphatic heterocycles. The Morgan fingerprint density at radius 3 is 2.39 bits per heavy atom. The number of hydrogen-bond acceptors (Lipinski definition) is 8. The molecule has 3 aromatic rings. The van der Waals surface area contributed by atoms with Crippen LogP contribution in [0.2, 0.25) is 0 Å². The number of methoxy groups -OCH3 is 1. The summed E-state index contributed by atoms with van der Waals surface area (Å²) < 4.78 is 4.73. The zero-order valence-corrected chi connectivity index (χ0v) is 19.6. The van der Waals surface area contributed by atoms with E-state index in [4.69, 9.17) is 4.74 Å². The summed E-state index contributed by atoms with van der Waals surface area (Å²) in [4.78, 5) is 30.4. The second kappa shape index (κ2) is 10.1. The number of aromatic nitrogens is 1. The Kier molecular flexibility index (Phi) is 6.96. The quantitative estimate of drug-likeness (QED) is 0.444. The van der Waals surface area contributed by atoms with E-state index < -0.39 is 11.5 Å². The fraction of sp³-hybridized carbons (Fsp3) is 0.280. The van der Waals surface area contributed by atoms with E-state index in [0.717, 1.165) is 23.5 Å². The van der Waals surface area contributed by atoms with E-state index in [9.17, 15) is 9.59 Å². The Bertz CT molecular complexity index is 1200. The first-order chi connectivity index (χ1) is 16.0. The van der Waals surface area contributed by atoms with Crippen LogP contribution in [-0.2, 0) is 4.74 Å². The van der Waals surface area contributed by atoms with Crippen LogP contribution in [0.3, 0.4) is 0 Å². The molecule has 1 N–H and O–H groups in total. The van der Waals surface area contributed by atoms with Crippen LogP contribution in [0, 0.1) is 5.92 Å². The second-order valence-electron chi connectivity index (χ2n) is 8.01. The average molecular weight is 463 g/mol. The molecule has 2 heterocycles. The predicted molar refractivity (Wildman–Crippen MR) is 131 cm³/mol. The minimum absolute atomic E-state index is 0.116. The Balaban J connectivity index is 1.69. The summed E-state index contributed by atoms with van der Waals surface area (Å²) in [5.74, 6) is -0.457. The zero-order valence-electron chi connectivity index (χ0n) is 18.8. The summed E-state index contributed by atoms with van der Waals surface area (Å²) >= 11 is 1.04. The van der Waals surface area contributed by atoms with Crippen molar-refractivity contribution in [3.05, 3.63) is 93.1 Å². The van der Waals surface area contributed by atoms with Crippen LogP contribution in [0.1, 0.15) is 46.2 Å². The first-order valence-corrected chi connectivity index (χ1v) is 11.5. The third-order valence-electron chi connectivity index (χ3n) is 6.01. The highest BCUT2D eigenvalue weighted by Crippen LogP contribution is 2.42. The number of hydrogen-bond donors (Lipinski definition) is 1. The molecule has 7 nitrogen and oxygen atoms in total. The van der Waals surface area contributed by atoms with Crippen molar-refractivity contribution < 1.29 is 9.53 Å². The molecule has 8 heteroatoms. The number of hydrazone groups is 1. The van der Waals surface area contributed by atoms with Crippen molar-refractivity contribution >= 4 is 28.1 Å². The number of carbonyl (C=O) groups is 1. The van der Waals surface area contributed by atoms with Crippen molar-refractivity contribution in [1.82, 2.24) is 9.88 Å². The molecule has 4 rings (SSSR count). The Labute approximate surface area is 196 Å². The number of piperidine rings is 1. The van der Waals surface area contributed by atoms with Crippen molar-refractivity contribution in [2.45, 2.75) is 25.4 Å². The van der Waals surface area contributed by atoms with E-state index in [0.29, 0.717) is 0 Å². The van der Waals surface area contributed by atoms with Crippen LogP contribution in [0.25, 0.3) is 0 Å². The van der Waals surface area contributed by atoms with Gasteiger partial charge in [0.25, 0.3) is 5.56 Å². The van der Waals surface area contributed by atoms with Crippen LogP contribution >= 0.6 is 11.3 Å². The minimum Gasteiger partial charge on any atom is -0.465 e. The topological polar surface area (TPSA) is 83.9 Å². The van der Waals surface area contributed by atoms with Crippen molar-refractivity contribution in [3.63, 3.8) is 0 Å². The zero-order chi connectivity index (χ0) is 23.4. The van der Waals surface area contributed by atoms with Gasteiger partial charge in [0, 0.05) is 36.2 Å². The van der Waals surface area contributed by atoms with Crippen molar-refractivity contribution in [3.8, 4) is 0 Å². The fourth-order valence-corrected chi connectivity index (χ4v) is 5.14. The molecule has 3 unspecified atom stereocenters. The van der Waals surface area contributed by atoms with Gasteiger partial charge in [0.1, 0.15) is 4.88 Å². The molecule has 2 aromatic carbocycles. The molecule has 1 aromatic heterocycles. The average Bonchev–Trinajstić information content (AvgIpc) is 2.84. The van der Waals surface area contributed by atoms with Gasteiger partial charge in [-0.05, 0) is 18.2 Å². The van der Waals surface area contributed by atoms with E-state index in [-0.39, 0.29) is 28.0 Å². The van der Waals surface area contributed by atoms with Gasteiger partial charge in [-0.3, -0.25) is 15.1 Å². The van der Waals surface area contributed by atoms with E-state index in [1.165, 1.54) is 24.3 Å². The van der Waals surface area contributed by atoms with Crippen molar-refractivity contribution in [2.75, 3.05) is 19.6 Å². The Morgan fingerprint density at radius 1 is 1.12 bits per heavy atom. The lowest BCUT2D eigenvalue weighted by Crippen LogP contribution is -2.42. The molecule has 1 aliphatic rings. The third-order valence-corrected chi connectivity index (χ3v) is 6.89. The van der Waals surface area contributed by atoms with Gasteiger partial charge >= 0.3 is 5.97 Å². The lowest BCUT2D eigenvalue weighted by Gasteiger charge is -2.44. The Morgan fingerprint density at radius 2 is 1.76 bits per heavy atom. The maximum absolute atomic E-state index is 12.0. The molecule has 0 aliphatic carbocycles. The predicted octanol–water partition coefficient (Wildman–Crippen LogP) is 4.51. The SMILES string of the molecule is COC(=O)c1cc(=O)nc(N/N=C2/CC(c3ccccc3)N(C)C(c3ccccc3)C2C)s1. The highest BCUT2D eigenvalue weighted by molar-refractivity contribution is 7.17. The van der Waals surface area contributed by atoms with E-state index >= 15 is 0 Å². The molecule has 0 amide bonds. The molecule has 170 valence electrons.